The molecule has 0 aliphatic rings. The summed E-state index contributed by atoms with van der Waals surface area (Å²) in [5.41, 5.74) is 0.408. The first-order valence-electron chi connectivity index (χ1n) is 5.68. The summed E-state index contributed by atoms with van der Waals surface area (Å²) < 4.78 is 9.45. The van der Waals surface area contributed by atoms with Crippen molar-refractivity contribution < 1.29 is 23.9 Å². The van der Waals surface area contributed by atoms with Crippen molar-refractivity contribution in [2.45, 2.75) is 39.5 Å². The topological polar surface area (TPSA) is 69.7 Å². The molecule has 0 spiro atoms. The minimum absolute atomic E-state index is 0.140. The lowest BCUT2D eigenvalue weighted by Gasteiger charge is -2.04. The Kier molecular flexibility index (Phi) is 8.69. The summed E-state index contributed by atoms with van der Waals surface area (Å²) in [6.45, 7) is 4.08. The van der Waals surface area contributed by atoms with Gasteiger partial charge in [0.05, 0.1) is 13.2 Å². The molecule has 0 rings (SSSR count). The molecule has 96 valence electrons. The molecular weight excluding hydrogens is 224 g/mol. The zero-order chi connectivity index (χ0) is 13.1. The van der Waals surface area contributed by atoms with Crippen molar-refractivity contribution in [3.63, 3.8) is 0 Å². The lowest BCUT2D eigenvalue weighted by molar-refractivity contribution is -0.143. The summed E-state index contributed by atoms with van der Waals surface area (Å²) in [5, 5.41) is 0. The van der Waals surface area contributed by atoms with Crippen molar-refractivity contribution in [3.8, 4) is 0 Å². The normalized spacial score (nSPS) is 9.29. The predicted octanol–water partition coefficient (Wildman–Crippen LogP) is 1.43. The summed E-state index contributed by atoms with van der Waals surface area (Å²) in [7, 11) is 0. The third-order valence-corrected chi connectivity index (χ3v) is 2.02. The number of rotatable bonds is 8. The molecule has 0 radical (unpaired) electrons. The van der Waals surface area contributed by atoms with Crippen LogP contribution in [0.4, 0.5) is 0 Å². The van der Waals surface area contributed by atoms with E-state index in [1.165, 1.54) is 0 Å². The van der Waals surface area contributed by atoms with Crippen LogP contribution in [0.25, 0.3) is 0 Å². The van der Waals surface area contributed by atoms with E-state index < -0.39 is 0 Å². The first-order chi connectivity index (χ1) is 8.13. The van der Waals surface area contributed by atoms with E-state index in [0.29, 0.717) is 18.8 Å². The zero-order valence-corrected chi connectivity index (χ0v) is 10.3. The van der Waals surface area contributed by atoms with Crippen molar-refractivity contribution in [2.24, 2.45) is 0 Å². The van der Waals surface area contributed by atoms with Crippen LogP contribution in [0, 0.1) is 0 Å². The second kappa shape index (κ2) is 9.60. The van der Waals surface area contributed by atoms with E-state index in [2.05, 4.69) is 0 Å². The van der Waals surface area contributed by atoms with E-state index >= 15 is 0 Å². The SMILES string of the molecule is CCOC(=O)CCC(=C=O)CCC(=O)OCC. The van der Waals surface area contributed by atoms with E-state index in [4.69, 9.17) is 9.47 Å². The molecule has 0 heterocycles. The Bertz CT molecular complexity index is 278. The van der Waals surface area contributed by atoms with Crippen LogP contribution in [0.2, 0.25) is 0 Å². The van der Waals surface area contributed by atoms with Crippen LogP contribution in [-0.4, -0.2) is 31.1 Å². The van der Waals surface area contributed by atoms with Crippen LogP contribution in [-0.2, 0) is 23.9 Å². The number of hydrogen-bond acceptors (Lipinski definition) is 5. The standard InChI is InChI=1S/C12H18O5/c1-3-16-11(14)7-5-10(9-13)6-8-12(15)17-4-2/h3-8H2,1-2H3. The highest BCUT2D eigenvalue weighted by molar-refractivity contribution is 5.72. The quantitative estimate of drug-likeness (QED) is 0.475. The van der Waals surface area contributed by atoms with Gasteiger partial charge in [0.15, 0.2) is 0 Å². The second-order valence-electron chi connectivity index (χ2n) is 3.32. The first kappa shape index (κ1) is 15.4. The predicted molar refractivity (Wildman–Crippen MR) is 60.9 cm³/mol. The fourth-order valence-electron chi connectivity index (χ4n) is 1.20. The van der Waals surface area contributed by atoms with Gasteiger partial charge in [-0.3, -0.25) is 9.59 Å². The molecule has 0 aliphatic heterocycles. The molecule has 0 amide bonds. The monoisotopic (exact) mass is 242 g/mol. The van der Waals surface area contributed by atoms with E-state index in [-0.39, 0.29) is 37.6 Å². The van der Waals surface area contributed by atoms with Crippen LogP contribution < -0.4 is 0 Å². The van der Waals surface area contributed by atoms with Gasteiger partial charge in [0.1, 0.15) is 5.94 Å². The van der Waals surface area contributed by atoms with Gasteiger partial charge in [-0.05, 0) is 26.7 Å². The van der Waals surface area contributed by atoms with Gasteiger partial charge in [0.2, 0.25) is 0 Å². The van der Waals surface area contributed by atoms with E-state index in [1.54, 1.807) is 19.8 Å². The van der Waals surface area contributed by atoms with Gasteiger partial charge in [0.25, 0.3) is 0 Å². The minimum Gasteiger partial charge on any atom is -0.466 e. The molecule has 0 saturated carbocycles. The Morgan fingerprint density at radius 2 is 1.29 bits per heavy atom. The lowest BCUT2D eigenvalue weighted by Crippen LogP contribution is -2.06. The Labute approximate surface area is 101 Å². The smallest absolute Gasteiger partial charge is 0.306 e. The molecule has 0 aromatic carbocycles. The maximum Gasteiger partial charge on any atom is 0.306 e. The molecule has 0 aromatic rings. The number of allylic oxidation sites excluding steroid dienone is 1. The molecule has 0 unspecified atom stereocenters. The lowest BCUT2D eigenvalue weighted by atomic mass is 10.1. The highest BCUT2D eigenvalue weighted by Crippen LogP contribution is 2.10. The number of hydrogen-bond donors (Lipinski definition) is 0. The molecule has 0 aromatic heterocycles. The largest absolute Gasteiger partial charge is 0.466 e. The zero-order valence-electron chi connectivity index (χ0n) is 10.3. The molecule has 0 N–H and O–H groups in total. The molecule has 0 aliphatic carbocycles. The van der Waals surface area contributed by atoms with Gasteiger partial charge in [-0.2, -0.15) is 0 Å². The van der Waals surface area contributed by atoms with Crippen LogP contribution in [0.5, 0.6) is 0 Å². The van der Waals surface area contributed by atoms with Crippen LogP contribution >= 0.6 is 0 Å². The first-order valence-corrected chi connectivity index (χ1v) is 5.68. The summed E-state index contributed by atoms with van der Waals surface area (Å²) in [6, 6.07) is 0. The molecule has 5 heteroatoms. The van der Waals surface area contributed by atoms with Crippen LogP contribution in [0.3, 0.4) is 0 Å². The molecule has 0 fully saturated rings. The highest BCUT2D eigenvalue weighted by Gasteiger charge is 2.08. The Morgan fingerprint density at radius 1 is 0.882 bits per heavy atom. The van der Waals surface area contributed by atoms with Gasteiger partial charge in [-0.25, -0.2) is 4.79 Å². The van der Waals surface area contributed by atoms with Crippen molar-refractivity contribution >= 4 is 17.9 Å². The average Bonchev–Trinajstić information content (AvgIpc) is 2.30. The summed E-state index contributed by atoms with van der Waals surface area (Å²) in [6.07, 6.45) is 0.839. The Morgan fingerprint density at radius 3 is 1.59 bits per heavy atom. The van der Waals surface area contributed by atoms with Gasteiger partial charge in [-0.15, -0.1) is 0 Å². The highest BCUT2D eigenvalue weighted by atomic mass is 16.5. The Hall–Kier alpha value is -1.61. The Balaban J connectivity index is 3.90. The molecule has 0 bridgehead atoms. The third kappa shape index (κ3) is 8.22. The van der Waals surface area contributed by atoms with Gasteiger partial charge >= 0.3 is 11.9 Å². The molecule has 5 nitrogen and oxygen atoms in total. The summed E-state index contributed by atoms with van der Waals surface area (Å²) in [4.78, 5) is 32.7. The molecule has 0 atom stereocenters. The molecule has 0 saturated heterocycles. The van der Waals surface area contributed by atoms with Crippen LogP contribution in [0.1, 0.15) is 39.5 Å². The minimum atomic E-state index is -0.351. The second-order valence-corrected chi connectivity index (χ2v) is 3.32. The van der Waals surface area contributed by atoms with Gasteiger partial charge < -0.3 is 9.47 Å². The molecule has 17 heavy (non-hydrogen) atoms. The average molecular weight is 242 g/mol. The van der Waals surface area contributed by atoms with Crippen molar-refractivity contribution in [1.82, 2.24) is 0 Å². The number of carbonyl (C=O) groups excluding carboxylic acids is 3. The van der Waals surface area contributed by atoms with Crippen molar-refractivity contribution in [3.05, 3.63) is 5.57 Å². The molecular formula is C12H18O5. The fourth-order valence-corrected chi connectivity index (χ4v) is 1.20. The number of carbonyl (C=O) groups is 2. The van der Waals surface area contributed by atoms with Crippen molar-refractivity contribution in [2.75, 3.05) is 13.2 Å². The number of ether oxygens (including phenoxy) is 2. The van der Waals surface area contributed by atoms with Crippen LogP contribution in [0.15, 0.2) is 5.57 Å². The van der Waals surface area contributed by atoms with Gasteiger partial charge in [-0.1, -0.05) is 0 Å². The van der Waals surface area contributed by atoms with E-state index in [0.717, 1.165) is 0 Å². The maximum absolute atomic E-state index is 11.0. The maximum atomic E-state index is 11.0. The van der Waals surface area contributed by atoms with E-state index in [9.17, 15) is 14.4 Å². The third-order valence-electron chi connectivity index (χ3n) is 2.02. The van der Waals surface area contributed by atoms with Gasteiger partial charge in [0, 0.05) is 18.4 Å². The van der Waals surface area contributed by atoms with E-state index in [1.807, 2.05) is 0 Å². The summed E-state index contributed by atoms with van der Waals surface area (Å²) >= 11 is 0. The van der Waals surface area contributed by atoms with Crippen molar-refractivity contribution in [1.29, 1.82) is 0 Å². The fraction of sp³-hybridized carbons (Fsp3) is 0.667. The summed E-state index contributed by atoms with van der Waals surface area (Å²) in [5.74, 6) is 1.05. The number of esters is 2.